The number of nitrogens with two attached hydrogens (primary N) is 1. The summed E-state index contributed by atoms with van der Waals surface area (Å²) in [5.74, 6) is -0.327. The lowest BCUT2D eigenvalue weighted by Gasteiger charge is -2.10. The van der Waals surface area contributed by atoms with Crippen LogP contribution < -0.4 is 11.1 Å². The molecule has 21 heavy (non-hydrogen) atoms. The number of aryl methyl sites for hydroxylation is 1. The van der Waals surface area contributed by atoms with Gasteiger partial charge in [0.15, 0.2) is 0 Å². The normalized spacial score (nSPS) is 10.6. The first-order valence-electron chi connectivity index (χ1n) is 6.52. The van der Waals surface area contributed by atoms with E-state index in [-0.39, 0.29) is 18.1 Å². The van der Waals surface area contributed by atoms with Gasteiger partial charge in [-0.15, -0.1) is 0 Å². The Bertz CT molecular complexity index is 654. The van der Waals surface area contributed by atoms with Gasteiger partial charge in [-0.1, -0.05) is 17.7 Å². The average molecular weight is 309 g/mol. The Labute approximate surface area is 127 Å². The molecule has 0 spiro atoms. The average Bonchev–Trinajstić information content (AvgIpc) is 2.93. The summed E-state index contributed by atoms with van der Waals surface area (Å²) < 4.78 is 1.72. The lowest BCUT2D eigenvalue weighted by molar-refractivity contribution is 0.0964. The van der Waals surface area contributed by atoms with E-state index < -0.39 is 0 Å². The van der Waals surface area contributed by atoms with Gasteiger partial charge in [-0.3, -0.25) is 9.48 Å². The predicted molar refractivity (Wildman–Crippen MR) is 82.2 cm³/mol. The summed E-state index contributed by atoms with van der Waals surface area (Å²) in [5.41, 5.74) is 7.90. The first kappa shape index (κ1) is 15.3. The number of benzene rings is 1. The number of aliphatic hydroxyl groups excluding tert-OH is 1. The number of halogens is 1. The first-order valence-corrected chi connectivity index (χ1v) is 6.90. The summed E-state index contributed by atoms with van der Waals surface area (Å²) in [6.07, 6.45) is 4.11. The van der Waals surface area contributed by atoms with Crippen molar-refractivity contribution >= 4 is 23.2 Å². The van der Waals surface area contributed by atoms with Crippen LogP contribution in [0.15, 0.2) is 24.5 Å². The van der Waals surface area contributed by atoms with Crippen molar-refractivity contribution in [1.82, 2.24) is 15.1 Å². The molecule has 7 heteroatoms. The quantitative estimate of drug-likeness (QED) is 0.730. The highest BCUT2D eigenvalue weighted by molar-refractivity contribution is 6.37. The monoisotopic (exact) mass is 308 g/mol. The number of nitrogen functional groups attached to an aromatic ring is 1. The highest BCUT2D eigenvalue weighted by atomic mass is 35.5. The molecule has 1 heterocycles. The van der Waals surface area contributed by atoms with Crippen molar-refractivity contribution in [3.8, 4) is 11.1 Å². The fourth-order valence-electron chi connectivity index (χ4n) is 2.03. The number of nitrogens with zero attached hydrogens (tertiary/aromatic N) is 2. The highest BCUT2D eigenvalue weighted by Gasteiger charge is 2.17. The predicted octanol–water partition coefficient (Wildman–Crippen LogP) is 1.53. The molecule has 0 atom stereocenters. The van der Waals surface area contributed by atoms with Crippen LogP contribution in [-0.2, 0) is 6.54 Å². The van der Waals surface area contributed by atoms with E-state index in [1.54, 1.807) is 23.0 Å². The van der Waals surface area contributed by atoms with Gasteiger partial charge in [0.05, 0.1) is 16.8 Å². The Morgan fingerprint density at radius 1 is 1.52 bits per heavy atom. The van der Waals surface area contributed by atoms with Gasteiger partial charge in [-0.2, -0.15) is 5.10 Å². The molecule has 4 N–H and O–H groups in total. The van der Waals surface area contributed by atoms with Crippen molar-refractivity contribution in [1.29, 1.82) is 0 Å². The molecule has 2 aromatic rings. The standard InChI is InChI=1S/C14H17ClN4O2/c1-17-14(21)12-11(16)4-3-10(13(12)15)9-7-18-19(8-9)5-2-6-20/h3-4,7-8,20H,2,5-6,16H2,1H3,(H,17,21). The van der Waals surface area contributed by atoms with Crippen molar-refractivity contribution in [2.75, 3.05) is 19.4 Å². The van der Waals surface area contributed by atoms with Gasteiger partial charge in [0.1, 0.15) is 0 Å². The largest absolute Gasteiger partial charge is 0.398 e. The van der Waals surface area contributed by atoms with Crippen molar-refractivity contribution in [3.63, 3.8) is 0 Å². The minimum atomic E-state index is -0.327. The van der Waals surface area contributed by atoms with Gasteiger partial charge < -0.3 is 16.2 Å². The minimum absolute atomic E-state index is 0.110. The van der Waals surface area contributed by atoms with Gasteiger partial charge in [0.2, 0.25) is 0 Å². The van der Waals surface area contributed by atoms with E-state index >= 15 is 0 Å². The smallest absolute Gasteiger partial charge is 0.254 e. The third-order valence-electron chi connectivity index (χ3n) is 3.12. The summed E-state index contributed by atoms with van der Waals surface area (Å²) in [6, 6.07) is 3.41. The van der Waals surface area contributed by atoms with Crippen LogP contribution in [0.3, 0.4) is 0 Å². The molecule has 1 aromatic carbocycles. The number of nitrogens with one attached hydrogen (secondary N) is 1. The van der Waals surface area contributed by atoms with Crippen molar-refractivity contribution < 1.29 is 9.90 Å². The molecule has 0 unspecified atom stereocenters. The van der Waals surface area contributed by atoms with Gasteiger partial charge in [-0.05, 0) is 12.5 Å². The number of carbonyl (C=O) groups is 1. The molecule has 1 aromatic heterocycles. The summed E-state index contributed by atoms with van der Waals surface area (Å²) in [5, 5.41) is 15.9. The van der Waals surface area contributed by atoms with E-state index in [2.05, 4.69) is 10.4 Å². The SMILES string of the molecule is CNC(=O)c1c(N)ccc(-c2cnn(CCCO)c2)c1Cl. The van der Waals surface area contributed by atoms with Crippen LogP contribution in [0, 0.1) is 0 Å². The van der Waals surface area contributed by atoms with Crippen molar-refractivity contribution in [2.45, 2.75) is 13.0 Å². The molecule has 1 amide bonds. The van der Waals surface area contributed by atoms with Crippen LogP contribution in [0.4, 0.5) is 5.69 Å². The molecular weight excluding hydrogens is 292 g/mol. The van der Waals surface area contributed by atoms with Crippen LogP contribution in [-0.4, -0.2) is 34.4 Å². The molecule has 0 aliphatic heterocycles. The molecule has 0 saturated heterocycles. The number of rotatable bonds is 5. The van der Waals surface area contributed by atoms with E-state index in [0.29, 0.717) is 29.2 Å². The van der Waals surface area contributed by atoms with E-state index in [0.717, 1.165) is 5.56 Å². The number of anilines is 1. The Morgan fingerprint density at radius 2 is 2.29 bits per heavy atom. The molecule has 0 saturated carbocycles. The molecule has 0 fully saturated rings. The van der Waals surface area contributed by atoms with E-state index in [1.165, 1.54) is 7.05 Å². The lowest BCUT2D eigenvalue weighted by Crippen LogP contribution is -2.20. The zero-order chi connectivity index (χ0) is 15.4. The van der Waals surface area contributed by atoms with E-state index in [1.807, 2.05) is 6.20 Å². The minimum Gasteiger partial charge on any atom is -0.398 e. The third-order valence-corrected chi connectivity index (χ3v) is 3.51. The second kappa shape index (κ2) is 6.60. The number of hydrogen-bond donors (Lipinski definition) is 3. The van der Waals surface area contributed by atoms with Crippen LogP contribution in [0.25, 0.3) is 11.1 Å². The molecule has 112 valence electrons. The zero-order valence-electron chi connectivity index (χ0n) is 11.6. The molecule has 0 radical (unpaired) electrons. The number of carbonyl (C=O) groups excluding carboxylic acids is 1. The molecule has 2 rings (SSSR count). The Balaban J connectivity index is 2.40. The second-order valence-corrected chi connectivity index (χ2v) is 4.92. The topological polar surface area (TPSA) is 93.2 Å². The lowest BCUT2D eigenvalue weighted by atomic mass is 10.0. The highest BCUT2D eigenvalue weighted by Crippen LogP contribution is 2.33. The van der Waals surface area contributed by atoms with Crippen molar-refractivity contribution in [2.24, 2.45) is 0 Å². The Kier molecular flexibility index (Phi) is 4.82. The van der Waals surface area contributed by atoms with Crippen molar-refractivity contribution in [3.05, 3.63) is 35.1 Å². The maximum Gasteiger partial charge on any atom is 0.254 e. The molecule has 6 nitrogen and oxygen atoms in total. The van der Waals surface area contributed by atoms with Gasteiger partial charge in [0, 0.05) is 43.2 Å². The van der Waals surface area contributed by atoms with Crippen LogP contribution in [0.2, 0.25) is 5.02 Å². The number of aromatic nitrogens is 2. The van der Waals surface area contributed by atoms with Gasteiger partial charge in [-0.25, -0.2) is 0 Å². The molecule has 0 aliphatic rings. The molecule has 0 aliphatic carbocycles. The number of aliphatic hydroxyl groups is 1. The summed E-state index contributed by atoms with van der Waals surface area (Å²) in [7, 11) is 1.53. The number of amides is 1. The zero-order valence-corrected chi connectivity index (χ0v) is 12.4. The fourth-order valence-corrected chi connectivity index (χ4v) is 2.39. The van der Waals surface area contributed by atoms with E-state index in [4.69, 9.17) is 22.4 Å². The maximum absolute atomic E-state index is 11.9. The fraction of sp³-hybridized carbons (Fsp3) is 0.286. The van der Waals surface area contributed by atoms with Crippen LogP contribution >= 0.6 is 11.6 Å². The molecule has 0 bridgehead atoms. The first-order chi connectivity index (χ1) is 10.1. The molecular formula is C14H17ClN4O2. The van der Waals surface area contributed by atoms with Gasteiger partial charge >= 0.3 is 0 Å². The maximum atomic E-state index is 11.9. The van der Waals surface area contributed by atoms with Gasteiger partial charge in [0.25, 0.3) is 5.91 Å². The van der Waals surface area contributed by atoms with Crippen LogP contribution in [0.5, 0.6) is 0 Å². The van der Waals surface area contributed by atoms with E-state index in [9.17, 15) is 4.79 Å². The second-order valence-electron chi connectivity index (χ2n) is 4.54. The Morgan fingerprint density at radius 3 is 2.95 bits per heavy atom. The summed E-state index contributed by atoms with van der Waals surface area (Å²) in [4.78, 5) is 11.9. The number of hydrogen-bond acceptors (Lipinski definition) is 4. The summed E-state index contributed by atoms with van der Waals surface area (Å²) >= 11 is 6.32. The summed E-state index contributed by atoms with van der Waals surface area (Å²) in [6.45, 7) is 0.726. The Hall–Kier alpha value is -2.05. The third kappa shape index (κ3) is 3.17. The van der Waals surface area contributed by atoms with Crippen LogP contribution in [0.1, 0.15) is 16.8 Å².